The van der Waals surface area contributed by atoms with Crippen LogP contribution in [0.5, 0.6) is 23.0 Å². The van der Waals surface area contributed by atoms with Gasteiger partial charge < -0.3 is 30.2 Å². The highest BCUT2D eigenvalue weighted by Crippen LogP contribution is 2.39. The number of anilines is 2. The van der Waals surface area contributed by atoms with E-state index in [9.17, 15) is 20.2 Å². The molecular weight excluding hydrogens is 747 g/mol. The molecule has 4 aromatic heterocycles. The third kappa shape index (κ3) is 9.75. The van der Waals surface area contributed by atoms with E-state index < -0.39 is 9.85 Å². The van der Waals surface area contributed by atoms with Gasteiger partial charge in [-0.2, -0.15) is 10.2 Å². The van der Waals surface area contributed by atoms with Crippen molar-refractivity contribution in [2.24, 2.45) is 14.1 Å². The summed E-state index contributed by atoms with van der Waals surface area (Å²) >= 11 is 5.66. The minimum Gasteiger partial charge on any atom is -0.450 e. The fourth-order valence-electron chi connectivity index (χ4n) is 4.98. The molecule has 1 aliphatic heterocycles. The summed E-state index contributed by atoms with van der Waals surface area (Å²) < 4.78 is 26.1. The lowest BCUT2D eigenvalue weighted by molar-refractivity contribution is -0.385. The number of aryl methyl sites for hydroxylation is 2. The van der Waals surface area contributed by atoms with Crippen molar-refractivity contribution >= 4 is 46.9 Å². The van der Waals surface area contributed by atoms with Gasteiger partial charge in [-0.15, -0.1) is 0 Å². The van der Waals surface area contributed by atoms with E-state index in [1.807, 2.05) is 40.9 Å². The number of ether oxygens (including phenoxy) is 2. The van der Waals surface area contributed by atoms with Gasteiger partial charge in [-0.25, -0.2) is 9.97 Å². The molecule has 20 heteroatoms. The molecule has 0 bridgehead atoms. The first kappa shape index (κ1) is 40.6. The Morgan fingerprint density at radius 2 is 1.18 bits per heavy atom. The average molecular weight is 785 g/mol. The Hall–Kier alpha value is -6.57. The summed E-state index contributed by atoms with van der Waals surface area (Å²) in [5.74, 6) is 1.01. The maximum absolute atomic E-state index is 11.5. The summed E-state index contributed by atoms with van der Waals surface area (Å²) in [7, 11) is 3.31. The van der Waals surface area contributed by atoms with Crippen LogP contribution in [0, 0.1) is 20.2 Å². The first-order chi connectivity index (χ1) is 26.4. The lowest BCUT2D eigenvalue weighted by Crippen LogP contribution is -2.41. The van der Waals surface area contributed by atoms with Gasteiger partial charge in [0.05, 0.1) is 27.2 Å². The predicted octanol–water partition coefficient (Wildman–Crippen LogP) is 6.50. The van der Waals surface area contributed by atoms with Gasteiger partial charge in [-0.1, -0.05) is 11.6 Å². The van der Waals surface area contributed by atoms with Crippen LogP contribution >= 0.6 is 11.6 Å². The quantitative estimate of drug-likeness (QED) is 0.0551. The fraction of sp³-hybridized carbons (Fsp3) is 0.222. The Labute approximate surface area is 326 Å². The number of aromatic nitrogens is 6. The lowest BCUT2D eigenvalue weighted by atomic mass is 9.82. The molecule has 18 nitrogen and oxygen atoms in total. The Bertz CT molecular complexity index is 2300. The largest absolute Gasteiger partial charge is 0.498 e. The molecule has 1 fully saturated rings. The average Bonchev–Trinajstić information content (AvgIpc) is 3.83. The van der Waals surface area contributed by atoms with Crippen LogP contribution in [0.15, 0.2) is 97.8 Å². The SMILES string of the molecule is Cn1cc(-c2nccc(Oc3ccc(N)cc3)c2[N+](=O)[O-])cn1.Cn1cc(B2OC(C)(C)C(C)(C)O2)cn1.Nc1ccc(Oc2ccnc(Cl)c2[N+](=O)[O-])cc1. The van der Waals surface area contributed by atoms with E-state index in [4.69, 9.17) is 41.9 Å². The van der Waals surface area contributed by atoms with E-state index in [-0.39, 0.29) is 52.0 Å². The minimum atomic E-state index is -0.637. The second-order valence-corrected chi connectivity index (χ2v) is 13.6. The van der Waals surface area contributed by atoms with Crippen LogP contribution in [0.1, 0.15) is 27.7 Å². The summed E-state index contributed by atoms with van der Waals surface area (Å²) in [6.45, 7) is 8.18. The van der Waals surface area contributed by atoms with Crippen molar-refractivity contribution in [2.45, 2.75) is 38.9 Å². The van der Waals surface area contributed by atoms with Crippen molar-refractivity contribution < 1.29 is 28.6 Å². The summed E-state index contributed by atoms with van der Waals surface area (Å²) in [5, 5.41) is 30.3. The molecule has 7 rings (SSSR count). The molecule has 0 atom stereocenters. The van der Waals surface area contributed by atoms with Crippen molar-refractivity contribution in [2.75, 3.05) is 11.5 Å². The molecule has 1 saturated heterocycles. The normalized spacial score (nSPS) is 13.8. The van der Waals surface area contributed by atoms with Crippen molar-refractivity contribution in [3.8, 4) is 34.3 Å². The highest BCUT2D eigenvalue weighted by Gasteiger charge is 2.52. The van der Waals surface area contributed by atoms with Crippen LogP contribution in [0.2, 0.25) is 5.15 Å². The van der Waals surface area contributed by atoms with Gasteiger partial charge in [0.2, 0.25) is 16.7 Å². The Morgan fingerprint density at radius 3 is 1.62 bits per heavy atom. The molecule has 0 spiro atoms. The Balaban J connectivity index is 0.000000165. The molecule has 0 saturated carbocycles. The molecule has 56 heavy (non-hydrogen) atoms. The summed E-state index contributed by atoms with van der Waals surface area (Å²) in [4.78, 5) is 29.0. The number of hydrogen-bond donors (Lipinski definition) is 2. The number of nitro groups is 2. The number of halogens is 1. The van der Waals surface area contributed by atoms with Crippen molar-refractivity contribution in [3.63, 3.8) is 0 Å². The van der Waals surface area contributed by atoms with Gasteiger partial charge in [0.25, 0.3) is 0 Å². The summed E-state index contributed by atoms with van der Waals surface area (Å²) in [6.07, 6.45) is 9.67. The van der Waals surface area contributed by atoms with E-state index in [2.05, 4.69) is 20.2 Å². The van der Waals surface area contributed by atoms with E-state index in [0.29, 0.717) is 28.4 Å². The number of benzene rings is 2. The fourth-order valence-corrected chi connectivity index (χ4v) is 5.19. The summed E-state index contributed by atoms with van der Waals surface area (Å²) in [5.41, 5.74) is 12.9. The van der Waals surface area contributed by atoms with Crippen LogP contribution in [0.4, 0.5) is 22.7 Å². The summed E-state index contributed by atoms with van der Waals surface area (Å²) in [6, 6.07) is 15.9. The first-order valence-electron chi connectivity index (χ1n) is 16.8. The van der Waals surface area contributed by atoms with Crippen LogP contribution in [-0.2, 0) is 23.4 Å². The van der Waals surface area contributed by atoms with E-state index >= 15 is 0 Å². The molecule has 5 heterocycles. The third-order valence-corrected chi connectivity index (χ3v) is 8.82. The number of nitrogens with two attached hydrogens (primary N) is 2. The van der Waals surface area contributed by atoms with Gasteiger partial charge in [0.1, 0.15) is 11.5 Å². The zero-order valence-electron chi connectivity index (χ0n) is 31.2. The third-order valence-electron chi connectivity index (χ3n) is 8.54. The van der Waals surface area contributed by atoms with Crippen LogP contribution in [0.3, 0.4) is 0 Å². The molecule has 0 aliphatic carbocycles. The predicted molar refractivity (Wildman–Crippen MR) is 210 cm³/mol. The monoisotopic (exact) mass is 784 g/mol. The topological polar surface area (TPSA) is 237 Å². The first-order valence-corrected chi connectivity index (χ1v) is 17.1. The van der Waals surface area contributed by atoms with Crippen molar-refractivity contribution in [1.82, 2.24) is 29.5 Å². The molecule has 4 N–H and O–H groups in total. The van der Waals surface area contributed by atoms with Gasteiger partial charge in [0.15, 0.2) is 5.69 Å². The molecule has 0 radical (unpaired) electrons. The number of nitrogen functional groups attached to an aromatic ring is 2. The van der Waals surface area contributed by atoms with Gasteiger partial charge >= 0.3 is 18.5 Å². The second kappa shape index (κ2) is 16.8. The Morgan fingerprint density at radius 1 is 0.714 bits per heavy atom. The van der Waals surface area contributed by atoms with Gasteiger partial charge in [0, 0.05) is 79.6 Å². The molecule has 0 unspecified atom stereocenters. The molecule has 2 aromatic carbocycles. The number of nitrogens with zero attached hydrogens (tertiary/aromatic N) is 8. The zero-order chi connectivity index (χ0) is 40.8. The second-order valence-electron chi connectivity index (χ2n) is 13.2. The maximum Gasteiger partial charge on any atom is 0.498 e. The molecular formula is C36H38BClN10O8. The van der Waals surface area contributed by atoms with Crippen LogP contribution in [-0.4, -0.2) is 57.7 Å². The smallest absolute Gasteiger partial charge is 0.450 e. The number of pyridine rings is 2. The molecule has 6 aromatic rings. The number of hydrogen-bond acceptors (Lipinski definition) is 14. The lowest BCUT2D eigenvalue weighted by Gasteiger charge is -2.32. The van der Waals surface area contributed by atoms with Crippen LogP contribution < -0.4 is 26.4 Å². The number of rotatable bonds is 8. The van der Waals surface area contributed by atoms with E-state index in [1.54, 1.807) is 77.3 Å². The molecule has 290 valence electrons. The van der Waals surface area contributed by atoms with Crippen molar-refractivity contribution in [1.29, 1.82) is 0 Å². The van der Waals surface area contributed by atoms with E-state index in [1.165, 1.54) is 30.7 Å². The molecule has 1 aliphatic rings. The standard InChI is InChI=1S/C15H13N5O3.C11H8ClN3O3.C10H17BN2O2/c1-19-9-10(8-18-19)14-15(20(21)22)13(6-7-17-14)23-12-4-2-11(16)3-5-12;12-11-10(15(16)17)9(5-6-14-11)18-8-3-1-7(13)2-4-8;1-9(2)10(3,4)15-11(14-9)8-6-12-13(5)7-8/h2-9H,16H2,1H3;1-6H,13H2;6-7H,1-5H3. The van der Waals surface area contributed by atoms with Crippen molar-refractivity contribution in [3.05, 3.63) is 123 Å². The minimum absolute atomic E-state index is 0.0322. The van der Waals surface area contributed by atoms with E-state index in [0.717, 1.165) is 5.46 Å². The molecule has 0 amide bonds. The zero-order valence-corrected chi connectivity index (χ0v) is 31.9. The van der Waals surface area contributed by atoms with Gasteiger partial charge in [-0.05, 0) is 76.2 Å². The van der Waals surface area contributed by atoms with Gasteiger partial charge in [-0.3, -0.25) is 29.6 Å². The highest BCUT2D eigenvalue weighted by atomic mass is 35.5. The highest BCUT2D eigenvalue weighted by molar-refractivity contribution is 6.62. The maximum atomic E-state index is 11.5. The van der Waals surface area contributed by atoms with Crippen LogP contribution in [0.25, 0.3) is 11.3 Å². The Kier molecular flexibility index (Phi) is 12.2.